The number of benzene rings is 1. The van der Waals surface area contributed by atoms with Crippen molar-refractivity contribution in [3.8, 4) is 0 Å². The van der Waals surface area contributed by atoms with Crippen LogP contribution in [0.5, 0.6) is 0 Å². The lowest BCUT2D eigenvalue weighted by Gasteiger charge is -2.39. The average Bonchev–Trinajstić information content (AvgIpc) is 3.24. The molecule has 3 rings (SSSR count). The van der Waals surface area contributed by atoms with Gasteiger partial charge in [-0.05, 0) is 53.3 Å². The molecule has 7 nitrogen and oxygen atoms in total. The van der Waals surface area contributed by atoms with E-state index in [1.54, 1.807) is 6.07 Å². The number of rotatable bonds is 8. The van der Waals surface area contributed by atoms with Crippen LogP contribution in [0.3, 0.4) is 0 Å². The van der Waals surface area contributed by atoms with Crippen molar-refractivity contribution in [2.75, 3.05) is 13.2 Å². The SMILES string of the molecule is CCOC(=O)CNC1(c2nnnn2C(/C=C/c2ccc(Cl)cc2Cl)C(C)(C)C)CCCCC1. The van der Waals surface area contributed by atoms with E-state index in [1.807, 2.05) is 29.8 Å². The largest absolute Gasteiger partial charge is 0.465 e. The first kappa shape index (κ1) is 25.7. The van der Waals surface area contributed by atoms with E-state index in [0.29, 0.717) is 16.7 Å². The van der Waals surface area contributed by atoms with Gasteiger partial charge >= 0.3 is 5.97 Å². The van der Waals surface area contributed by atoms with Crippen LogP contribution < -0.4 is 5.32 Å². The van der Waals surface area contributed by atoms with Gasteiger partial charge in [0.25, 0.3) is 0 Å². The van der Waals surface area contributed by atoms with E-state index in [9.17, 15) is 4.79 Å². The van der Waals surface area contributed by atoms with Crippen molar-refractivity contribution >= 4 is 35.2 Å². The fourth-order valence-electron chi connectivity index (χ4n) is 4.35. The maximum atomic E-state index is 12.1. The summed E-state index contributed by atoms with van der Waals surface area (Å²) in [5.74, 6) is 0.476. The van der Waals surface area contributed by atoms with Gasteiger partial charge in [0.15, 0.2) is 5.82 Å². The molecule has 180 valence electrons. The Kier molecular flexibility index (Phi) is 8.54. The molecule has 9 heteroatoms. The molecule has 1 unspecified atom stereocenters. The fourth-order valence-corrected chi connectivity index (χ4v) is 4.82. The van der Waals surface area contributed by atoms with Crippen LogP contribution in [0.2, 0.25) is 10.0 Å². The molecule has 1 heterocycles. The Morgan fingerprint density at radius 3 is 2.64 bits per heavy atom. The molecular weight excluding hydrogens is 461 g/mol. The topological polar surface area (TPSA) is 81.9 Å². The molecule has 0 aliphatic heterocycles. The molecule has 1 aromatic heterocycles. The van der Waals surface area contributed by atoms with Gasteiger partial charge in [-0.2, -0.15) is 0 Å². The summed E-state index contributed by atoms with van der Waals surface area (Å²) in [5.41, 5.74) is 0.207. The Bertz CT molecular complexity index is 977. The summed E-state index contributed by atoms with van der Waals surface area (Å²) in [5, 5.41) is 17.6. The van der Waals surface area contributed by atoms with Crippen LogP contribution >= 0.6 is 23.2 Å². The standard InChI is InChI=1S/C24H33Cl2N5O2/c1-5-33-21(32)16-27-24(13-7-6-8-14-24)22-28-29-30-31(22)20(23(2,3)4)12-10-17-9-11-18(25)15-19(17)26/h9-12,15,20,27H,5-8,13-14,16H2,1-4H3/b12-10+. The normalized spacial score (nSPS) is 17.3. The highest BCUT2D eigenvalue weighted by atomic mass is 35.5. The molecule has 1 atom stereocenters. The number of nitrogens with zero attached hydrogens (tertiary/aromatic N) is 4. The zero-order valence-corrected chi connectivity index (χ0v) is 21.3. The van der Waals surface area contributed by atoms with Crippen LogP contribution in [0, 0.1) is 5.41 Å². The van der Waals surface area contributed by atoms with E-state index in [1.165, 1.54) is 0 Å². The molecule has 1 N–H and O–H groups in total. The Balaban J connectivity index is 1.97. The van der Waals surface area contributed by atoms with Gasteiger partial charge in [-0.1, -0.05) is 81.5 Å². The second-order valence-corrected chi connectivity index (χ2v) is 10.4. The number of carbonyl (C=O) groups is 1. The monoisotopic (exact) mass is 493 g/mol. The summed E-state index contributed by atoms with van der Waals surface area (Å²) < 4.78 is 7.03. The summed E-state index contributed by atoms with van der Waals surface area (Å²) in [4.78, 5) is 12.1. The Hall–Kier alpha value is -1.96. The number of esters is 1. The van der Waals surface area contributed by atoms with Gasteiger partial charge in [-0.25, -0.2) is 4.68 Å². The van der Waals surface area contributed by atoms with Crippen molar-refractivity contribution < 1.29 is 9.53 Å². The first-order chi connectivity index (χ1) is 15.7. The van der Waals surface area contributed by atoms with Crippen LogP contribution in [0.4, 0.5) is 0 Å². The third kappa shape index (κ3) is 6.34. The minimum Gasteiger partial charge on any atom is -0.465 e. The summed E-state index contributed by atoms with van der Waals surface area (Å²) in [6.45, 7) is 8.73. The molecule has 33 heavy (non-hydrogen) atoms. The molecule has 2 aromatic rings. The number of tetrazole rings is 1. The third-order valence-electron chi connectivity index (χ3n) is 6.08. The molecule has 0 spiro atoms. The number of allylic oxidation sites excluding steroid dienone is 1. The highest BCUT2D eigenvalue weighted by Crippen LogP contribution is 2.40. The Morgan fingerprint density at radius 2 is 2.00 bits per heavy atom. The molecular formula is C24H33Cl2N5O2. The molecule has 1 saturated carbocycles. The molecule has 0 radical (unpaired) electrons. The highest BCUT2D eigenvalue weighted by Gasteiger charge is 2.41. The number of halogens is 2. The van der Waals surface area contributed by atoms with E-state index >= 15 is 0 Å². The number of hydrogen-bond donors (Lipinski definition) is 1. The van der Waals surface area contributed by atoms with Crippen molar-refractivity contribution in [1.82, 2.24) is 25.5 Å². The lowest BCUT2D eigenvalue weighted by molar-refractivity contribution is -0.142. The number of ether oxygens (including phenoxy) is 1. The number of aromatic nitrogens is 4. The van der Waals surface area contributed by atoms with Crippen molar-refractivity contribution in [2.45, 2.75) is 71.4 Å². The number of nitrogens with one attached hydrogen (secondary N) is 1. The summed E-state index contributed by atoms with van der Waals surface area (Å²) >= 11 is 12.4. The lowest BCUT2D eigenvalue weighted by Crippen LogP contribution is -2.49. The van der Waals surface area contributed by atoms with Gasteiger partial charge < -0.3 is 4.74 Å². The molecule has 1 fully saturated rings. The second kappa shape index (κ2) is 11.0. The Labute approximate surface area is 205 Å². The quantitative estimate of drug-likeness (QED) is 0.482. The predicted octanol–water partition coefficient (Wildman–Crippen LogP) is 5.59. The zero-order valence-electron chi connectivity index (χ0n) is 19.8. The Morgan fingerprint density at radius 1 is 1.27 bits per heavy atom. The first-order valence-electron chi connectivity index (χ1n) is 11.5. The van der Waals surface area contributed by atoms with Crippen LogP contribution in [-0.2, 0) is 15.1 Å². The van der Waals surface area contributed by atoms with E-state index in [2.05, 4.69) is 47.7 Å². The van der Waals surface area contributed by atoms with Crippen LogP contribution in [0.25, 0.3) is 6.08 Å². The van der Waals surface area contributed by atoms with Crippen LogP contribution in [0.15, 0.2) is 24.3 Å². The van der Waals surface area contributed by atoms with Gasteiger partial charge in [0, 0.05) is 10.0 Å². The van der Waals surface area contributed by atoms with Gasteiger partial charge in [-0.3, -0.25) is 10.1 Å². The summed E-state index contributed by atoms with van der Waals surface area (Å²) in [7, 11) is 0. The summed E-state index contributed by atoms with van der Waals surface area (Å²) in [6.07, 6.45) is 9.02. The minimum atomic E-state index is -0.482. The van der Waals surface area contributed by atoms with Gasteiger partial charge in [0.05, 0.1) is 24.7 Å². The van der Waals surface area contributed by atoms with Gasteiger partial charge in [0.2, 0.25) is 0 Å². The first-order valence-corrected chi connectivity index (χ1v) is 12.2. The third-order valence-corrected chi connectivity index (χ3v) is 6.64. The van der Waals surface area contributed by atoms with Crippen LogP contribution in [0.1, 0.15) is 77.2 Å². The highest BCUT2D eigenvalue weighted by molar-refractivity contribution is 6.35. The molecule has 1 aromatic carbocycles. The minimum absolute atomic E-state index is 0.122. The fraction of sp³-hybridized carbons (Fsp3) is 0.583. The average molecular weight is 494 g/mol. The molecule has 1 aliphatic rings. The molecule has 0 saturated heterocycles. The van der Waals surface area contributed by atoms with Crippen molar-refractivity contribution in [1.29, 1.82) is 0 Å². The van der Waals surface area contributed by atoms with Crippen LogP contribution in [-0.4, -0.2) is 39.3 Å². The maximum Gasteiger partial charge on any atom is 0.319 e. The second-order valence-electron chi connectivity index (χ2n) is 9.58. The van der Waals surface area contributed by atoms with Gasteiger partial charge in [-0.15, -0.1) is 5.10 Å². The van der Waals surface area contributed by atoms with Crippen molar-refractivity contribution in [3.63, 3.8) is 0 Å². The van der Waals surface area contributed by atoms with Crippen molar-refractivity contribution in [3.05, 3.63) is 45.7 Å². The van der Waals surface area contributed by atoms with Crippen molar-refractivity contribution in [2.24, 2.45) is 5.41 Å². The number of hydrogen-bond acceptors (Lipinski definition) is 6. The molecule has 1 aliphatic carbocycles. The summed E-state index contributed by atoms with van der Waals surface area (Å²) in [6, 6.07) is 5.30. The smallest absolute Gasteiger partial charge is 0.319 e. The van der Waals surface area contributed by atoms with E-state index in [0.717, 1.165) is 43.5 Å². The molecule has 0 amide bonds. The van der Waals surface area contributed by atoms with E-state index in [-0.39, 0.29) is 24.0 Å². The molecule has 0 bridgehead atoms. The maximum absolute atomic E-state index is 12.1. The van der Waals surface area contributed by atoms with E-state index in [4.69, 9.17) is 27.9 Å². The van der Waals surface area contributed by atoms with E-state index < -0.39 is 5.54 Å². The zero-order chi connectivity index (χ0) is 24.1. The lowest BCUT2D eigenvalue weighted by atomic mass is 9.79. The number of carbonyl (C=O) groups excluding carboxylic acids is 1. The van der Waals surface area contributed by atoms with Gasteiger partial charge in [0.1, 0.15) is 0 Å². The predicted molar refractivity (Wildman–Crippen MR) is 131 cm³/mol.